The number of alkyl halides is 4. The van der Waals surface area contributed by atoms with Gasteiger partial charge in [0.05, 0.1) is 11.1 Å². The van der Waals surface area contributed by atoms with Gasteiger partial charge in [0.2, 0.25) is 0 Å². The maximum atomic E-state index is 12.9. The highest BCUT2D eigenvalue weighted by Gasteiger charge is 2.40. The predicted molar refractivity (Wildman–Crippen MR) is 112 cm³/mol. The number of hydrogen-bond acceptors (Lipinski definition) is 2. The van der Waals surface area contributed by atoms with Crippen LogP contribution in [0.4, 0.5) is 13.2 Å². The molecule has 0 amide bonds. The summed E-state index contributed by atoms with van der Waals surface area (Å²) in [5.74, 6) is -1.16. The van der Waals surface area contributed by atoms with Gasteiger partial charge in [0.15, 0.2) is 0 Å². The van der Waals surface area contributed by atoms with E-state index < -0.39 is 17.7 Å². The molecule has 0 heterocycles. The van der Waals surface area contributed by atoms with E-state index in [1.807, 2.05) is 6.07 Å². The molecule has 3 nitrogen and oxygen atoms in total. The Morgan fingerprint density at radius 3 is 2.39 bits per heavy atom. The number of carboxylic acid groups (broad SMARTS) is 1. The van der Waals surface area contributed by atoms with E-state index in [1.54, 1.807) is 18.2 Å². The topological polar surface area (TPSA) is 54.4 Å². The lowest BCUT2D eigenvalue weighted by molar-refractivity contribution is -0.137. The lowest BCUT2D eigenvalue weighted by Crippen LogP contribution is -2.19. The van der Waals surface area contributed by atoms with Gasteiger partial charge in [0.1, 0.15) is 5.78 Å². The number of rotatable bonds is 8. The fraction of sp³-hybridized carbons (Fsp3) is 0.417. The fourth-order valence-corrected chi connectivity index (χ4v) is 4.82. The largest absolute Gasteiger partial charge is 0.478 e. The summed E-state index contributed by atoms with van der Waals surface area (Å²) in [5.41, 5.74) is 1.04. The van der Waals surface area contributed by atoms with Crippen LogP contribution in [0.2, 0.25) is 0 Å². The molecule has 1 saturated carbocycles. The summed E-state index contributed by atoms with van der Waals surface area (Å²) in [4.78, 5) is 23.6. The second-order valence-electron chi connectivity index (χ2n) is 8.09. The van der Waals surface area contributed by atoms with Crippen molar-refractivity contribution in [3.05, 3.63) is 70.8 Å². The van der Waals surface area contributed by atoms with Crippen LogP contribution in [-0.4, -0.2) is 22.2 Å². The summed E-state index contributed by atoms with van der Waals surface area (Å²) >= 11 is 6.42. The zero-order chi connectivity index (χ0) is 22.6. The average molecular weight is 453 g/mol. The molecule has 2 aromatic rings. The van der Waals surface area contributed by atoms with Gasteiger partial charge >= 0.3 is 12.1 Å². The maximum Gasteiger partial charge on any atom is 0.416 e. The Bertz CT molecular complexity index is 942. The van der Waals surface area contributed by atoms with Gasteiger partial charge in [-0.2, -0.15) is 13.2 Å². The molecule has 0 aromatic heterocycles. The molecule has 1 unspecified atom stereocenters. The molecule has 1 aliphatic carbocycles. The van der Waals surface area contributed by atoms with Crippen molar-refractivity contribution < 1.29 is 27.9 Å². The third-order valence-electron chi connectivity index (χ3n) is 5.97. The fourth-order valence-electron chi connectivity index (χ4n) is 4.37. The van der Waals surface area contributed by atoms with Crippen molar-refractivity contribution >= 4 is 23.4 Å². The molecule has 0 spiro atoms. The maximum absolute atomic E-state index is 12.9. The minimum absolute atomic E-state index is 0.0749. The van der Waals surface area contributed by atoms with Gasteiger partial charge in [-0.3, -0.25) is 4.79 Å². The van der Waals surface area contributed by atoms with E-state index >= 15 is 0 Å². The number of hydrogen-bond donors (Lipinski definition) is 1. The lowest BCUT2D eigenvalue weighted by atomic mass is 9.85. The number of aryl methyl sites for hydroxylation is 2. The molecule has 2 aromatic carbocycles. The zero-order valence-electron chi connectivity index (χ0n) is 16.9. The lowest BCUT2D eigenvalue weighted by Gasteiger charge is -2.21. The molecule has 0 aliphatic heterocycles. The second kappa shape index (κ2) is 9.86. The van der Waals surface area contributed by atoms with Crippen molar-refractivity contribution in [2.45, 2.75) is 50.1 Å². The summed E-state index contributed by atoms with van der Waals surface area (Å²) in [6.07, 6.45) is -1.11. The van der Waals surface area contributed by atoms with E-state index in [1.165, 1.54) is 12.1 Å². The van der Waals surface area contributed by atoms with Crippen LogP contribution < -0.4 is 0 Å². The van der Waals surface area contributed by atoms with Crippen LogP contribution in [0.5, 0.6) is 0 Å². The number of Topliss-reactive ketones (excluding diaryl/α,β-unsaturated/α-hetero) is 1. The standard InChI is InChI=1S/C24H24ClF3O3/c25-21-14-22(29)20(9-3-6-15-4-1-7-17(12-15)23(30)31)19(21)11-10-16-5-2-8-18(13-16)24(26,27)28/h1-2,4-5,7-8,12-13,19-21H,3,6,9-11,14H2,(H,30,31)/t19-,20-,21?/m1/s1. The van der Waals surface area contributed by atoms with E-state index in [-0.39, 0.29) is 35.0 Å². The number of ketones is 1. The van der Waals surface area contributed by atoms with Crippen molar-refractivity contribution in [3.8, 4) is 0 Å². The molecular formula is C24H24ClF3O3. The summed E-state index contributed by atoms with van der Waals surface area (Å²) in [6, 6.07) is 12.0. The first-order valence-electron chi connectivity index (χ1n) is 10.3. The van der Waals surface area contributed by atoms with E-state index in [0.717, 1.165) is 17.7 Å². The van der Waals surface area contributed by atoms with Gasteiger partial charge in [0, 0.05) is 17.7 Å². The number of halogens is 4. The predicted octanol–water partition coefficient (Wildman–Crippen LogP) is 6.17. The van der Waals surface area contributed by atoms with Gasteiger partial charge in [-0.15, -0.1) is 11.6 Å². The number of benzene rings is 2. The summed E-state index contributed by atoms with van der Waals surface area (Å²) in [6.45, 7) is 0. The van der Waals surface area contributed by atoms with Crippen LogP contribution in [0, 0.1) is 11.8 Å². The minimum Gasteiger partial charge on any atom is -0.478 e. The van der Waals surface area contributed by atoms with Crippen LogP contribution in [0.1, 0.15) is 52.7 Å². The molecule has 3 atom stereocenters. The van der Waals surface area contributed by atoms with Crippen molar-refractivity contribution in [2.75, 3.05) is 0 Å². The highest BCUT2D eigenvalue weighted by Crippen LogP contribution is 2.39. The normalized spacial score (nSPS) is 21.4. The van der Waals surface area contributed by atoms with Crippen molar-refractivity contribution in [3.63, 3.8) is 0 Å². The number of carbonyl (C=O) groups is 2. The van der Waals surface area contributed by atoms with Gasteiger partial charge < -0.3 is 5.11 Å². The molecule has 1 aliphatic rings. The van der Waals surface area contributed by atoms with E-state index in [4.69, 9.17) is 16.7 Å². The summed E-state index contributed by atoms with van der Waals surface area (Å²) in [5, 5.41) is 8.79. The Morgan fingerprint density at radius 1 is 1.03 bits per heavy atom. The average Bonchev–Trinajstić information content (AvgIpc) is 2.98. The molecular weight excluding hydrogens is 429 g/mol. The Morgan fingerprint density at radius 2 is 1.71 bits per heavy atom. The molecule has 0 bridgehead atoms. The first-order valence-corrected chi connectivity index (χ1v) is 10.7. The number of carbonyl (C=O) groups excluding carboxylic acids is 1. The molecule has 1 N–H and O–H groups in total. The molecule has 0 radical (unpaired) electrons. The van der Waals surface area contributed by atoms with Crippen molar-refractivity contribution in [2.24, 2.45) is 11.8 Å². The molecule has 31 heavy (non-hydrogen) atoms. The van der Waals surface area contributed by atoms with Crippen LogP contribution >= 0.6 is 11.6 Å². The first kappa shape index (κ1) is 23.3. The Kier molecular flexibility index (Phi) is 7.42. The summed E-state index contributed by atoms with van der Waals surface area (Å²) < 4.78 is 38.8. The van der Waals surface area contributed by atoms with Crippen LogP contribution in [0.15, 0.2) is 48.5 Å². The number of carboxylic acids is 1. The van der Waals surface area contributed by atoms with Crippen LogP contribution in [-0.2, 0) is 23.8 Å². The van der Waals surface area contributed by atoms with Crippen LogP contribution in [0.25, 0.3) is 0 Å². The van der Waals surface area contributed by atoms with Gasteiger partial charge in [-0.1, -0.05) is 30.3 Å². The third-order valence-corrected chi connectivity index (χ3v) is 6.44. The smallest absolute Gasteiger partial charge is 0.416 e. The molecule has 1 fully saturated rings. The van der Waals surface area contributed by atoms with Gasteiger partial charge in [0.25, 0.3) is 0 Å². The van der Waals surface area contributed by atoms with Gasteiger partial charge in [-0.25, -0.2) is 4.79 Å². The number of aromatic carboxylic acids is 1. The van der Waals surface area contributed by atoms with E-state index in [9.17, 15) is 22.8 Å². The van der Waals surface area contributed by atoms with E-state index in [2.05, 4.69) is 0 Å². The van der Waals surface area contributed by atoms with E-state index in [0.29, 0.717) is 37.7 Å². The molecule has 0 saturated heterocycles. The highest BCUT2D eigenvalue weighted by atomic mass is 35.5. The molecule has 7 heteroatoms. The van der Waals surface area contributed by atoms with Crippen molar-refractivity contribution in [1.29, 1.82) is 0 Å². The highest BCUT2D eigenvalue weighted by molar-refractivity contribution is 6.23. The molecule has 3 rings (SSSR count). The Hall–Kier alpha value is -2.34. The SMILES string of the molecule is O=C(O)c1cccc(CCC[C@H]2C(=O)CC(Cl)[C@@H]2CCc2cccc(C(F)(F)F)c2)c1. The van der Waals surface area contributed by atoms with Crippen LogP contribution in [0.3, 0.4) is 0 Å². The Balaban J connectivity index is 1.59. The Labute approximate surface area is 184 Å². The first-order chi connectivity index (χ1) is 14.6. The quantitative estimate of drug-likeness (QED) is 0.487. The summed E-state index contributed by atoms with van der Waals surface area (Å²) in [7, 11) is 0. The third kappa shape index (κ3) is 6.10. The molecule has 166 valence electrons. The van der Waals surface area contributed by atoms with Crippen molar-refractivity contribution in [1.82, 2.24) is 0 Å². The minimum atomic E-state index is -4.38. The second-order valence-corrected chi connectivity index (χ2v) is 8.65. The monoisotopic (exact) mass is 452 g/mol. The zero-order valence-corrected chi connectivity index (χ0v) is 17.6. The van der Waals surface area contributed by atoms with Gasteiger partial charge in [-0.05, 0) is 67.3 Å².